The Morgan fingerprint density at radius 2 is 2.25 bits per heavy atom. The molecule has 0 heterocycles. The number of nitrogens with one attached hydrogen (secondary N) is 1. The molecule has 0 fully saturated rings. The molecule has 0 aromatic heterocycles. The SMILES string of the molecule is C=C(N)C(=O)NCCCC(C)N. The third-order valence-corrected chi connectivity index (χ3v) is 1.41. The van der Waals surface area contributed by atoms with Gasteiger partial charge in [-0.2, -0.15) is 0 Å². The second-order valence-corrected chi connectivity index (χ2v) is 2.90. The summed E-state index contributed by atoms with van der Waals surface area (Å²) < 4.78 is 0. The van der Waals surface area contributed by atoms with Gasteiger partial charge in [0.05, 0.1) is 5.70 Å². The van der Waals surface area contributed by atoms with Crippen LogP contribution in [0.4, 0.5) is 0 Å². The Morgan fingerprint density at radius 3 is 2.67 bits per heavy atom. The summed E-state index contributed by atoms with van der Waals surface area (Å²) in [5, 5.41) is 2.62. The fourth-order valence-corrected chi connectivity index (χ4v) is 0.739. The Hall–Kier alpha value is -1.03. The van der Waals surface area contributed by atoms with Gasteiger partial charge in [0.25, 0.3) is 5.91 Å². The van der Waals surface area contributed by atoms with Crippen molar-refractivity contribution in [2.24, 2.45) is 11.5 Å². The highest BCUT2D eigenvalue weighted by atomic mass is 16.1. The van der Waals surface area contributed by atoms with E-state index in [0.717, 1.165) is 12.8 Å². The smallest absolute Gasteiger partial charge is 0.266 e. The Bertz CT molecular complexity index is 166. The van der Waals surface area contributed by atoms with E-state index in [1.54, 1.807) is 0 Å². The van der Waals surface area contributed by atoms with E-state index in [2.05, 4.69) is 11.9 Å². The highest BCUT2D eigenvalue weighted by Gasteiger charge is 2.00. The van der Waals surface area contributed by atoms with E-state index in [4.69, 9.17) is 11.5 Å². The first-order chi connectivity index (χ1) is 5.54. The van der Waals surface area contributed by atoms with Gasteiger partial charge in [-0.25, -0.2) is 0 Å². The summed E-state index contributed by atoms with van der Waals surface area (Å²) in [6.07, 6.45) is 1.77. The number of rotatable bonds is 5. The number of amides is 1. The van der Waals surface area contributed by atoms with Gasteiger partial charge >= 0.3 is 0 Å². The van der Waals surface area contributed by atoms with E-state index in [1.165, 1.54) is 0 Å². The van der Waals surface area contributed by atoms with Crippen molar-refractivity contribution >= 4 is 5.91 Å². The van der Waals surface area contributed by atoms with Crippen LogP contribution in [-0.4, -0.2) is 18.5 Å². The predicted octanol–water partition coefficient (Wildman–Crippen LogP) is -0.298. The van der Waals surface area contributed by atoms with Gasteiger partial charge in [-0.3, -0.25) is 4.79 Å². The molecule has 0 radical (unpaired) electrons. The minimum absolute atomic E-state index is 0.0517. The van der Waals surface area contributed by atoms with Crippen LogP contribution < -0.4 is 16.8 Å². The second kappa shape index (κ2) is 5.60. The summed E-state index contributed by atoms with van der Waals surface area (Å²) in [6.45, 7) is 5.85. The second-order valence-electron chi connectivity index (χ2n) is 2.90. The zero-order chi connectivity index (χ0) is 9.56. The average Bonchev–Trinajstić information content (AvgIpc) is 1.97. The third-order valence-electron chi connectivity index (χ3n) is 1.41. The highest BCUT2D eigenvalue weighted by Crippen LogP contribution is 1.91. The largest absolute Gasteiger partial charge is 0.395 e. The van der Waals surface area contributed by atoms with Gasteiger partial charge in [-0.1, -0.05) is 6.58 Å². The Kier molecular flexibility index (Phi) is 5.12. The normalized spacial score (nSPS) is 12.2. The molecule has 0 aromatic rings. The average molecular weight is 171 g/mol. The van der Waals surface area contributed by atoms with E-state index in [0.29, 0.717) is 6.54 Å². The fraction of sp³-hybridized carbons (Fsp3) is 0.625. The van der Waals surface area contributed by atoms with Crippen LogP contribution in [0.15, 0.2) is 12.3 Å². The van der Waals surface area contributed by atoms with E-state index < -0.39 is 0 Å². The van der Waals surface area contributed by atoms with Gasteiger partial charge in [0, 0.05) is 12.6 Å². The number of carbonyl (C=O) groups excluding carboxylic acids is 1. The first-order valence-corrected chi connectivity index (χ1v) is 4.02. The van der Waals surface area contributed by atoms with Crippen molar-refractivity contribution < 1.29 is 4.79 Å². The van der Waals surface area contributed by atoms with Gasteiger partial charge in [-0.05, 0) is 19.8 Å². The lowest BCUT2D eigenvalue weighted by Crippen LogP contribution is -2.29. The lowest BCUT2D eigenvalue weighted by atomic mass is 10.2. The number of hydrogen-bond donors (Lipinski definition) is 3. The minimum Gasteiger partial charge on any atom is -0.395 e. The fourth-order valence-electron chi connectivity index (χ4n) is 0.739. The van der Waals surface area contributed by atoms with Crippen LogP contribution in [0.5, 0.6) is 0 Å². The summed E-state index contributed by atoms with van der Waals surface area (Å²) >= 11 is 0. The summed E-state index contributed by atoms with van der Waals surface area (Å²) in [5.74, 6) is -0.292. The van der Waals surface area contributed by atoms with Crippen molar-refractivity contribution in [3.63, 3.8) is 0 Å². The van der Waals surface area contributed by atoms with E-state index in [-0.39, 0.29) is 17.6 Å². The van der Waals surface area contributed by atoms with E-state index in [9.17, 15) is 4.79 Å². The van der Waals surface area contributed by atoms with Crippen LogP contribution in [0.3, 0.4) is 0 Å². The highest BCUT2D eigenvalue weighted by molar-refractivity contribution is 5.91. The Balaban J connectivity index is 3.32. The molecule has 12 heavy (non-hydrogen) atoms. The maximum absolute atomic E-state index is 10.8. The Labute approximate surface area is 73.0 Å². The topological polar surface area (TPSA) is 81.1 Å². The van der Waals surface area contributed by atoms with Crippen LogP contribution in [-0.2, 0) is 4.79 Å². The molecule has 0 saturated heterocycles. The lowest BCUT2D eigenvalue weighted by Gasteiger charge is -2.05. The molecule has 5 N–H and O–H groups in total. The summed E-state index contributed by atoms with van der Waals surface area (Å²) in [7, 11) is 0. The van der Waals surface area contributed by atoms with Gasteiger partial charge in [0.2, 0.25) is 0 Å². The maximum Gasteiger partial charge on any atom is 0.266 e. The quantitative estimate of drug-likeness (QED) is 0.392. The van der Waals surface area contributed by atoms with Crippen molar-refractivity contribution in [3.05, 3.63) is 12.3 Å². The zero-order valence-corrected chi connectivity index (χ0v) is 7.47. The van der Waals surface area contributed by atoms with Crippen molar-refractivity contribution in [2.45, 2.75) is 25.8 Å². The minimum atomic E-state index is -0.292. The van der Waals surface area contributed by atoms with Gasteiger partial charge in [-0.15, -0.1) is 0 Å². The van der Waals surface area contributed by atoms with E-state index in [1.807, 2.05) is 6.92 Å². The summed E-state index contributed by atoms with van der Waals surface area (Å²) in [6, 6.07) is 0.183. The first-order valence-electron chi connectivity index (χ1n) is 4.02. The van der Waals surface area contributed by atoms with Crippen molar-refractivity contribution in [3.8, 4) is 0 Å². The molecule has 0 aliphatic rings. The zero-order valence-electron chi connectivity index (χ0n) is 7.47. The number of carbonyl (C=O) groups is 1. The predicted molar refractivity (Wildman–Crippen MR) is 49.2 cm³/mol. The van der Waals surface area contributed by atoms with Gasteiger partial charge in [0.1, 0.15) is 0 Å². The molecule has 70 valence electrons. The van der Waals surface area contributed by atoms with Crippen LogP contribution in [0, 0.1) is 0 Å². The molecular weight excluding hydrogens is 154 g/mol. The molecule has 0 spiro atoms. The van der Waals surface area contributed by atoms with Gasteiger partial charge < -0.3 is 16.8 Å². The number of nitrogens with two attached hydrogens (primary N) is 2. The molecule has 0 rings (SSSR count). The van der Waals surface area contributed by atoms with Crippen LogP contribution >= 0.6 is 0 Å². The molecule has 4 nitrogen and oxygen atoms in total. The lowest BCUT2D eigenvalue weighted by molar-refractivity contribution is -0.117. The molecule has 1 amide bonds. The molecule has 4 heteroatoms. The molecule has 1 unspecified atom stereocenters. The van der Waals surface area contributed by atoms with Crippen LogP contribution in [0.1, 0.15) is 19.8 Å². The monoisotopic (exact) mass is 171 g/mol. The van der Waals surface area contributed by atoms with Gasteiger partial charge in [0.15, 0.2) is 0 Å². The Morgan fingerprint density at radius 1 is 1.67 bits per heavy atom. The van der Waals surface area contributed by atoms with Crippen LogP contribution in [0.2, 0.25) is 0 Å². The van der Waals surface area contributed by atoms with Crippen molar-refractivity contribution in [1.29, 1.82) is 0 Å². The third kappa shape index (κ3) is 5.73. The molecular formula is C8H17N3O. The van der Waals surface area contributed by atoms with Crippen LogP contribution in [0.25, 0.3) is 0 Å². The molecule has 1 atom stereocenters. The van der Waals surface area contributed by atoms with E-state index >= 15 is 0 Å². The molecule has 0 aliphatic carbocycles. The number of hydrogen-bond acceptors (Lipinski definition) is 3. The standard InChI is InChI=1S/C8H17N3O/c1-6(9)4-3-5-11-8(12)7(2)10/h6H,2-5,9-10H2,1H3,(H,11,12). The summed E-state index contributed by atoms with van der Waals surface area (Å²) in [4.78, 5) is 10.8. The molecule has 0 bridgehead atoms. The first kappa shape index (κ1) is 11.0. The molecule has 0 aliphatic heterocycles. The maximum atomic E-state index is 10.8. The summed E-state index contributed by atoms with van der Waals surface area (Å²) in [5.41, 5.74) is 10.7. The van der Waals surface area contributed by atoms with Crippen molar-refractivity contribution in [2.75, 3.05) is 6.54 Å². The molecule has 0 saturated carbocycles. The van der Waals surface area contributed by atoms with Crippen molar-refractivity contribution in [1.82, 2.24) is 5.32 Å². The molecule has 0 aromatic carbocycles.